The van der Waals surface area contributed by atoms with Crippen LogP contribution in [0.4, 0.5) is 13.2 Å². The highest BCUT2D eigenvalue weighted by Crippen LogP contribution is 2.17. The minimum absolute atomic E-state index is 0.332. The van der Waals surface area contributed by atoms with Gasteiger partial charge >= 0.3 is 6.18 Å². The quantitative estimate of drug-likeness (QED) is 0.712. The first-order chi connectivity index (χ1) is 7.31. The Morgan fingerprint density at radius 3 is 2.44 bits per heavy atom. The Kier molecular flexibility index (Phi) is 6.35. The van der Waals surface area contributed by atoms with E-state index in [4.69, 9.17) is 10.8 Å². The van der Waals surface area contributed by atoms with Crippen molar-refractivity contribution in [2.45, 2.75) is 32.0 Å². The van der Waals surface area contributed by atoms with Crippen LogP contribution in [-0.4, -0.2) is 47.8 Å². The van der Waals surface area contributed by atoms with Crippen molar-refractivity contribution in [3.05, 3.63) is 0 Å². The van der Waals surface area contributed by atoms with Crippen LogP contribution in [0.2, 0.25) is 0 Å². The molecule has 0 aliphatic rings. The van der Waals surface area contributed by atoms with Gasteiger partial charge in [-0.05, 0) is 6.42 Å². The van der Waals surface area contributed by atoms with E-state index in [9.17, 15) is 18.0 Å². The van der Waals surface area contributed by atoms with E-state index in [-0.39, 0.29) is 6.54 Å². The first-order valence-corrected chi connectivity index (χ1v) is 5.03. The van der Waals surface area contributed by atoms with Crippen molar-refractivity contribution in [3.63, 3.8) is 0 Å². The van der Waals surface area contributed by atoms with Gasteiger partial charge in [0.1, 0.15) is 6.54 Å². The number of halogens is 3. The summed E-state index contributed by atoms with van der Waals surface area (Å²) in [6.07, 6.45) is -3.53. The molecule has 0 fully saturated rings. The van der Waals surface area contributed by atoms with Gasteiger partial charge in [-0.1, -0.05) is 13.3 Å². The number of amides is 1. The van der Waals surface area contributed by atoms with Crippen molar-refractivity contribution in [2.75, 3.05) is 19.7 Å². The van der Waals surface area contributed by atoms with Gasteiger partial charge in [0.15, 0.2) is 0 Å². The van der Waals surface area contributed by atoms with Gasteiger partial charge in [-0.2, -0.15) is 13.2 Å². The zero-order valence-corrected chi connectivity index (χ0v) is 9.13. The molecule has 0 rings (SSSR count). The SMILES string of the molecule is CCC[C@@H](N)C(=O)N(CCO)CC(F)(F)F. The summed E-state index contributed by atoms with van der Waals surface area (Å²) in [6.45, 7) is -0.451. The highest BCUT2D eigenvalue weighted by Gasteiger charge is 2.34. The summed E-state index contributed by atoms with van der Waals surface area (Å²) in [5.74, 6) is -0.770. The van der Waals surface area contributed by atoms with Gasteiger partial charge in [0.05, 0.1) is 12.6 Å². The number of aliphatic hydroxyl groups is 1. The summed E-state index contributed by atoms with van der Waals surface area (Å²) in [4.78, 5) is 12.0. The predicted molar refractivity (Wildman–Crippen MR) is 52.6 cm³/mol. The zero-order chi connectivity index (χ0) is 12.8. The van der Waals surface area contributed by atoms with Crippen molar-refractivity contribution < 1.29 is 23.1 Å². The van der Waals surface area contributed by atoms with Gasteiger partial charge in [-0.15, -0.1) is 0 Å². The van der Waals surface area contributed by atoms with Gasteiger partial charge in [-0.3, -0.25) is 4.79 Å². The second kappa shape index (κ2) is 6.70. The van der Waals surface area contributed by atoms with Crippen LogP contribution in [0.5, 0.6) is 0 Å². The van der Waals surface area contributed by atoms with Gasteiger partial charge in [-0.25, -0.2) is 0 Å². The van der Waals surface area contributed by atoms with Gasteiger partial charge in [0.25, 0.3) is 0 Å². The standard InChI is InChI=1S/C9H17F3N2O2/c1-2-3-7(13)8(16)14(4-5-15)6-9(10,11)12/h7,15H,2-6,13H2,1H3/t7-/m1/s1. The summed E-state index contributed by atoms with van der Waals surface area (Å²) in [6, 6.07) is -0.932. The maximum absolute atomic E-state index is 12.1. The molecule has 0 bridgehead atoms. The molecule has 1 amide bonds. The van der Waals surface area contributed by atoms with Crippen molar-refractivity contribution in [1.82, 2.24) is 4.90 Å². The zero-order valence-electron chi connectivity index (χ0n) is 9.13. The van der Waals surface area contributed by atoms with E-state index in [1.165, 1.54) is 0 Å². The minimum Gasteiger partial charge on any atom is -0.395 e. The van der Waals surface area contributed by atoms with Gasteiger partial charge < -0.3 is 15.7 Å². The number of nitrogens with two attached hydrogens (primary N) is 1. The van der Waals surface area contributed by atoms with E-state index < -0.39 is 31.3 Å². The molecule has 0 aromatic heterocycles. The predicted octanol–water partition coefficient (Wildman–Crippen LogP) is 0.497. The van der Waals surface area contributed by atoms with E-state index in [1.807, 2.05) is 0 Å². The lowest BCUT2D eigenvalue weighted by molar-refractivity contribution is -0.162. The Morgan fingerprint density at radius 1 is 1.50 bits per heavy atom. The van der Waals surface area contributed by atoms with Crippen LogP contribution < -0.4 is 5.73 Å². The molecule has 3 N–H and O–H groups in total. The number of hydrogen-bond donors (Lipinski definition) is 2. The molecule has 7 heteroatoms. The molecule has 96 valence electrons. The van der Waals surface area contributed by atoms with Crippen LogP contribution in [0.1, 0.15) is 19.8 Å². The van der Waals surface area contributed by atoms with Crippen LogP contribution in [0.25, 0.3) is 0 Å². The fourth-order valence-electron chi connectivity index (χ4n) is 1.27. The third kappa shape index (κ3) is 5.92. The van der Waals surface area contributed by atoms with Crippen LogP contribution in [0, 0.1) is 0 Å². The number of nitrogens with zero attached hydrogens (tertiary/aromatic N) is 1. The van der Waals surface area contributed by atoms with Gasteiger partial charge in [0, 0.05) is 6.54 Å². The first-order valence-electron chi connectivity index (χ1n) is 5.03. The molecular formula is C9H17F3N2O2. The smallest absolute Gasteiger partial charge is 0.395 e. The molecule has 0 saturated carbocycles. The maximum Gasteiger partial charge on any atom is 0.406 e. The van der Waals surface area contributed by atoms with Crippen LogP contribution in [0.15, 0.2) is 0 Å². The first kappa shape index (κ1) is 15.2. The molecule has 0 aromatic carbocycles. The summed E-state index contributed by atoms with van der Waals surface area (Å²) >= 11 is 0. The lowest BCUT2D eigenvalue weighted by Gasteiger charge is -2.25. The lowest BCUT2D eigenvalue weighted by atomic mass is 10.1. The molecule has 0 unspecified atom stereocenters. The van der Waals surface area contributed by atoms with Crippen molar-refractivity contribution >= 4 is 5.91 Å². The van der Waals surface area contributed by atoms with Crippen LogP contribution in [0.3, 0.4) is 0 Å². The number of carbonyl (C=O) groups excluding carboxylic acids is 1. The molecular weight excluding hydrogens is 225 g/mol. The van der Waals surface area contributed by atoms with Crippen molar-refractivity contribution in [2.24, 2.45) is 5.73 Å². The fourth-order valence-corrected chi connectivity index (χ4v) is 1.27. The lowest BCUT2D eigenvalue weighted by Crippen LogP contribution is -2.48. The minimum atomic E-state index is -4.48. The normalized spacial score (nSPS) is 13.6. The third-order valence-electron chi connectivity index (χ3n) is 1.97. The molecule has 0 heterocycles. The van der Waals surface area contributed by atoms with E-state index in [2.05, 4.69) is 0 Å². The average Bonchev–Trinajstić information content (AvgIpc) is 2.14. The topological polar surface area (TPSA) is 66.6 Å². The van der Waals surface area contributed by atoms with E-state index >= 15 is 0 Å². The molecule has 0 aliphatic heterocycles. The molecule has 4 nitrogen and oxygen atoms in total. The number of alkyl halides is 3. The second-order valence-electron chi connectivity index (χ2n) is 3.49. The molecule has 0 spiro atoms. The molecule has 1 atom stereocenters. The largest absolute Gasteiger partial charge is 0.406 e. The molecule has 0 radical (unpaired) electrons. The highest BCUT2D eigenvalue weighted by molar-refractivity contribution is 5.81. The summed E-state index contributed by atoms with van der Waals surface area (Å²) < 4.78 is 36.4. The molecule has 16 heavy (non-hydrogen) atoms. The molecule has 0 saturated heterocycles. The Hall–Kier alpha value is -0.820. The summed E-state index contributed by atoms with van der Waals surface area (Å²) in [5, 5.41) is 8.59. The Morgan fingerprint density at radius 2 is 2.06 bits per heavy atom. The highest BCUT2D eigenvalue weighted by atomic mass is 19.4. The van der Waals surface area contributed by atoms with Crippen LogP contribution >= 0.6 is 0 Å². The van der Waals surface area contributed by atoms with Gasteiger partial charge in [0.2, 0.25) is 5.91 Å². The number of hydrogen-bond acceptors (Lipinski definition) is 3. The Balaban J connectivity index is 4.46. The monoisotopic (exact) mass is 242 g/mol. The van der Waals surface area contributed by atoms with Crippen molar-refractivity contribution in [3.8, 4) is 0 Å². The molecule has 0 aromatic rings. The summed E-state index contributed by atoms with van der Waals surface area (Å²) in [7, 11) is 0. The van der Waals surface area contributed by atoms with E-state index in [1.54, 1.807) is 6.92 Å². The third-order valence-corrected chi connectivity index (χ3v) is 1.97. The summed E-state index contributed by atoms with van der Waals surface area (Å²) in [5.41, 5.74) is 5.44. The Labute approximate surface area is 92.2 Å². The van der Waals surface area contributed by atoms with E-state index in [0.717, 1.165) is 0 Å². The van der Waals surface area contributed by atoms with Crippen LogP contribution in [-0.2, 0) is 4.79 Å². The fraction of sp³-hybridized carbons (Fsp3) is 0.889. The Bertz CT molecular complexity index is 221. The molecule has 0 aliphatic carbocycles. The average molecular weight is 242 g/mol. The second-order valence-corrected chi connectivity index (χ2v) is 3.49. The number of carbonyl (C=O) groups is 1. The van der Waals surface area contributed by atoms with E-state index in [0.29, 0.717) is 17.7 Å². The van der Waals surface area contributed by atoms with Crippen molar-refractivity contribution in [1.29, 1.82) is 0 Å². The number of rotatable bonds is 6. The maximum atomic E-state index is 12.1. The number of aliphatic hydroxyl groups excluding tert-OH is 1.